The average molecular weight is 450 g/mol. The summed E-state index contributed by atoms with van der Waals surface area (Å²) in [5, 5.41) is 4.87. The van der Waals surface area contributed by atoms with Gasteiger partial charge in [0.1, 0.15) is 11.2 Å². The quantitative estimate of drug-likeness (QED) is 0.244. The number of rotatable bonds is 1. The highest BCUT2D eigenvalue weighted by molar-refractivity contribution is 6.25. The molecular weight excluding hydrogens is 426 g/mol. The van der Waals surface area contributed by atoms with E-state index >= 15 is 0 Å². The van der Waals surface area contributed by atoms with Gasteiger partial charge < -0.3 is 8.98 Å². The van der Waals surface area contributed by atoms with E-state index in [-0.39, 0.29) is 5.41 Å². The molecule has 0 N–H and O–H groups in total. The van der Waals surface area contributed by atoms with Crippen LogP contribution in [0, 0.1) is 0 Å². The molecular formula is C33H23NO. The van der Waals surface area contributed by atoms with Gasteiger partial charge in [0, 0.05) is 27.3 Å². The van der Waals surface area contributed by atoms with E-state index in [0.717, 1.165) is 16.6 Å². The Kier molecular flexibility index (Phi) is 3.50. The van der Waals surface area contributed by atoms with Crippen molar-refractivity contribution in [2.45, 2.75) is 19.3 Å². The lowest BCUT2D eigenvalue weighted by molar-refractivity contribution is 0.661. The number of fused-ring (bicyclic) bond motifs is 10. The molecule has 166 valence electrons. The largest absolute Gasteiger partial charge is 0.456 e. The molecule has 2 aromatic heterocycles. The highest BCUT2D eigenvalue weighted by Crippen LogP contribution is 2.51. The molecule has 0 fully saturated rings. The van der Waals surface area contributed by atoms with Crippen molar-refractivity contribution in [2.75, 3.05) is 0 Å². The molecule has 2 heteroatoms. The zero-order valence-corrected chi connectivity index (χ0v) is 19.7. The molecule has 0 amide bonds. The number of hydrogen-bond acceptors (Lipinski definition) is 1. The maximum atomic E-state index is 6.29. The van der Waals surface area contributed by atoms with Gasteiger partial charge in [-0.15, -0.1) is 0 Å². The third-order valence-electron chi connectivity index (χ3n) is 7.98. The van der Waals surface area contributed by atoms with Gasteiger partial charge in [0.15, 0.2) is 0 Å². The fraction of sp³-hybridized carbons (Fsp3) is 0.0909. The van der Waals surface area contributed by atoms with Crippen molar-refractivity contribution in [3.05, 3.63) is 114 Å². The lowest BCUT2D eigenvalue weighted by Crippen LogP contribution is -2.14. The van der Waals surface area contributed by atoms with Crippen LogP contribution < -0.4 is 0 Å². The van der Waals surface area contributed by atoms with E-state index < -0.39 is 0 Å². The Balaban J connectivity index is 1.62. The summed E-state index contributed by atoms with van der Waals surface area (Å²) in [6, 6.07) is 37.2. The monoisotopic (exact) mass is 449 g/mol. The first-order chi connectivity index (χ1) is 17.1. The zero-order chi connectivity index (χ0) is 23.3. The summed E-state index contributed by atoms with van der Waals surface area (Å²) in [6.45, 7) is 4.70. The van der Waals surface area contributed by atoms with Gasteiger partial charge in [-0.2, -0.15) is 0 Å². The summed E-state index contributed by atoms with van der Waals surface area (Å²) in [5.74, 6) is 0. The van der Waals surface area contributed by atoms with Crippen LogP contribution in [0.1, 0.15) is 25.0 Å². The Hall–Kier alpha value is -4.30. The summed E-state index contributed by atoms with van der Waals surface area (Å²) in [6.07, 6.45) is 0. The third kappa shape index (κ3) is 2.34. The van der Waals surface area contributed by atoms with Crippen molar-refractivity contribution in [2.24, 2.45) is 0 Å². The maximum Gasteiger partial charge on any atom is 0.137 e. The van der Waals surface area contributed by atoms with Gasteiger partial charge in [0.2, 0.25) is 0 Å². The van der Waals surface area contributed by atoms with Gasteiger partial charge in [0.05, 0.1) is 16.4 Å². The van der Waals surface area contributed by atoms with Crippen LogP contribution in [0.4, 0.5) is 0 Å². The van der Waals surface area contributed by atoms with Crippen molar-refractivity contribution in [3.63, 3.8) is 0 Å². The topological polar surface area (TPSA) is 18.1 Å². The van der Waals surface area contributed by atoms with Gasteiger partial charge in [-0.05, 0) is 64.7 Å². The Morgan fingerprint density at radius 2 is 1.37 bits per heavy atom. The average Bonchev–Trinajstić information content (AvgIpc) is 3.50. The van der Waals surface area contributed by atoms with E-state index in [1.807, 2.05) is 6.07 Å². The van der Waals surface area contributed by atoms with Crippen LogP contribution in [0.25, 0.3) is 60.6 Å². The van der Waals surface area contributed by atoms with E-state index in [0.29, 0.717) is 0 Å². The van der Waals surface area contributed by atoms with Crippen LogP contribution in [-0.4, -0.2) is 4.57 Å². The second kappa shape index (κ2) is 6.43. The summed E-state index contributed by atoms with van der Waals surface area (Å²) in [5.41, 5.74) is 10.9. The molecule has 0 radical (unpaired) electrons. The van der Waals surface area contributed by atoms with E-state index in [1.54, 1.807) is 0 Å². The second-order valence-corrected chi connectivity index (χ2v) is 10.2. The van der Waals surface area contributed by atoms with E-state index in [1.165, 1.54) is 55.1 Å². The molecule has 2 heterocycles. The van der Waals surface area contributed by atoms with Crippen LogP contribution in [-0.2, 0) is 5.41 Å². The first-order valence-corrected chi connectivity index (χ1v) is 12.2. The van der Waals surface area contributed by atoms with Gasteiger partial charge in [0.25, 0.3) is 0 Å². The van der Waals surface area contributed by atoms with E-state index in [2.05, 4.69) is 115 Å². The molecule has 0 aliphatic heterocycles. The molecule has 0 atom stereocenters. The van der Waals surface area contributed by atoms with Crippen molar-refractivity contribution in [1.29, 1.82) is 0 Å². The van der Waals surface area contributed by atoms with Crippen LogP contribution in [0.3, 0.4) is 0 Å². The highest BCUT2D eigenvalue weighted by atomic mass is 16.3. The SMILES string of the molecule is CC1(C)c2ccccc2-c2cc3c4ccc5oc6ccccc6c5c4n(-c4ccccc4)c3cc21. The molecule has 1 aliphatic rings. The normalized spacial score (nSPS) is 14.2. The standard InChI is InChI=1S/C33H23NO/c1-33(2)26-14-8-6-12-21(26)24-18-25-22-16-17-30-31(23-13-7-9-15-29(23)35-30)32(22)34(28(25)19-27(24)33)20-10-4-3-5-11-20/h3-19H,1-2H3. The zero-order valence-electron chi connectivity index (χ0n) is 19.7. The highest BCUT2D eigenvalue weighted by Gasteiger charge is 2.36. The Labute approximate surface area is 203 Å². The lowest BCUT2D eigenvalue weighted by atomic mass is 9.82. The van der Waals surface area contributed by atoms with Crippen LogP contribution in [0.15, 0.2) is 108 Å². The molecule has 35 heavy (non-hydrogen) atoms. The number of para-hydroxylation sites is 2. The van der Waals surface area contributed by atoms with Crippen molar-refractivity contribution in [3.8, 4) is 16.8 Å². The predicted octanol–water partition coefficient (Wildman–Crippen LogP) is 8.99. The molecule has 8 rings (SSSR count). The lowest BCUT2D eigenvalue weighted by Gasteiger charge is -2.21. The maximum absolute atomic E-state index is 6.29. The first-order valence-electron chi connectivity index (χ1n) is 12.2. The van der Waals surface area contributed by atoms with E-state index in [4.69, 9.17) is 4.42 Å². The van der Waals surface area contributed by atoms with Gasteiger partial charge in [-0.25, -0.2) is 0 Å². The van der Waals surface area contributed by atoms with Crippen molar-refractivity contribution >= 4 is 43.7 Å². The number of furan rings is 1. The minimum atomic E-state index is -0.0459. The number of aromatic nitrogens is 1. The third-order valence-corrected chi connectivity index (χ3v) is 7.98. The van der Waals surface area contributed by atoms with Gasteiger partial charge in [-0.1, -0.05) is 74.5 Å². The summed E-state index contributed by atoms with van der Waals surface area (Å²) in [7, 11) is 0. The Bertz CT molecular complexity index is 1970. The smallest absolute Gasteiger partial charge is 0.137 e. The van der Waals surface area contributed by atoms with E-state index in [9.17, 15) is 0 Å². The molecule has 0 spiro atoms. The molecule has 5 aromatic carbocycles. The second-order valence-electron chi connectivity index (χ2n) is 10.2. The van der Waals surface area contributed by atoms with Crippen LogP contribution >= 0.6 is 0 Å². The Morgan fingerprint density at radius 1 is 0.600 bits per heavy atom. The van der Waals surface area contributed by atoms with Crippen molar-refractivity contribution in [1.82, 2.24) is 4.57 Å². The molecule has 0 saturated heterocycles. The summed E-state index contributed by atoms with van der Waals surface area (Å²) >= 11 is 0. The fourth-order valence-electron chi connectivity index (χ4n) is 6.35. The van der Waals surface area contributed by atoms with Crippen molar-refractivity contribution < 1.29 is 4.42 Å². The minimum Gasteiger partial charge on any atom is -0.456 e. The van der Waals surface area contributed by atoms with Crippen LogP contribution in [0.5, 0.6) is 0 Å². The molecule has 7 aromatic rings. The summed E-state index contributed by atoms with van der Waals surface area (Å²) < 4.78 is 8.73. The molecule has 2 nitrogen and oxygen atoms in total. The first kappa shape index (κ1) is 19.1. The molecule has 1 aliphatic carbocycles. The molecule has 0 bridgehead atoms. The predicted molar refractivity (Wildman–Crippen MR) is 146 cm³/mol. The molecule has 0 unspecified atom stereocenters. The van der Waals surface area contributed by atoms with Crippen LogP contribution in [0.2, 0.25) is 0 Å². The van der Waals surface area contributed by atoms with Gasteiger partial charge >= 0.3 is 0 Å². The Morgan fingerprint density at radius 3 is 2.26 bits per heavy atom. The minimum absolute atomic E-state index is 0.0459. The van der Waals surface area contributed by atoms with Gasteiger partial charge in [-0.3, -0.25) is 0 Å². The number of hydrogen-bond donors (Lipinski definition) is 0. The number of nitrogens with zero attached hydrogens (tertiary/aromatic N) is 1. The molecule has 0 saturated carbocycles. The fourth-order valence-corrected chi connectivity index (χ4v) is 6.35. The summed E-state index contributed by atoms with van der Waals surface area (Å²) in [4.78, 5) is 0. The number of benzene rings is 5.